The van der Waals surface area contributed by atoms with Crippen LogP contribution in [0, 0.1) is 5.92 Å². The second-order valence-corrected chi connectivity index (χ2v) is 10.3. The van der Waals surface area contributed by atoms with Gasteiger partial charge in [0.25, 0.3) is 0 Å². The van der Waals surface area contributed by atoms with Crippen molar-refractivity contribution in [1.82, 2.24) is 0 Å². The highest BCUT2D eigenvalue weighted by Crippen LogP contribution is 2.37. The molecule has 3 aromatic carbocycles. The van der Waals surface area contributed by atoms with E-state index in [2.05, 4.69) is 6.92 Å². The van der Waals surface area contributed by atoms with E-state index in [-0.39, 0.29) is 12.0 Å². The standard InChI is InChI=1S/C34H44O5/c1-2-3-4-5-6-10-18-29(19-17-26-35-27-33-28-36-33)34(37-30-20-11-7-12-21-30,38-31-22-13-8-14-23-31)39-32-24-15-9-16-25-32/h7-9,11-16,20-25,29,33H,2-6,10,17-19,26-28H2,1H3. The summed E-state index contributed by atoms with van der Waals surface area (Å²) in [6.07, 6.45) is 10.2. The van der Waals surface area contributed by atoms with Gasteiger partial charge in [0.1, 0.15) is 23.4 Å². The van der Waals surface area contributed by atoms with E-state index in [0.717, 1.165) is 32.3 Å². The number of para-hydroxylation sites is 3. The molecule has 1 fully saturated rings. The van der Waals surface area contributed by atoms with E-state index >= 15 is 0 Å². The topological polar surface area (TPSA) is 49.5 Å². The van der Waals surface area contributed by atoms with Crippen molar-refractivity contribution in [1.29, 1.82) is 0 Å². The maximum atomic E-state index is 6.77. The highest BCUT2D eigenvalue weighted by atomic mass is 16.9. The molecule has 4 rings (SSSR count). The lowest BCUT2D eigenvalue weighted by Gasteiger charge is -2.40. The maximum absolute atomic E-state index is 6.77. The van der Waals surface area contributed by atoms with Gasteiger partial charge in [-0.1, -0.05) is 100 Å². The molecule has 2 atom stereocenters. The van der Waals surface area contributed by atoms with Crippen molar-refractivity contribution in [3.63, 3.8) is 0 Å². The fraction of sp³-hybridized carbons (Fsp3) is 0.471. The molecule has 5 heteroatoms. The lowest BCUT2D eigenvalue weighted by atomic mass is 9.92. The summed E-state index contributed by atoms with van der Waals surface area (Å²) in [6.45, 7) is 4.40. The van der Waals surface area contributed by atoms with Gasteiger partial charge in [0.15, 0.2) is 0 Å². The van der Waals surface area contributed by atoms with Gasteiger partial charge in [-0.25, -0.2) is 0 Å². The molecule has 0 aromatic heterocycles. The Bertz CT molecular complexity index is 922. The van der Waals surface area contributed by atoms with Crippen LogP contribution < -0.4 is 14.2 Å². The number of hydrogen-bond acceptors (Lipinski definition) is 5. The van der Waals surface area contributed by atoms with E-state index in [9.17, 15) is 0 Å². The number of rotatable bonds is 20. The molecule has 1 aliphatic heterocycles. The summed E-state index contributed by atoms with van der Waals surface area (Å²) in [4.78, 5) is 0. The average Bonchev–Trinajstić information content (AvgIpc) is 3.80. The summed E-state index contributed by atoms with van der Waals surface area (Å²) in [6, 6.07) is 29.5. The second-order valence-electron chi connectivity index (χ2n) is 10.3. The van der Waals surface area contributed by atoms with E-state index in [1.807, 2.05) is 91.0 Å². The third-order valence-electron chi connectivity index (χ3n) is 6.96. The molecule has 0 aliphatic carbocycles. The first-order valence-electron chi connectivity index (χ1n) is 14.7. The highest BCUT2D eigenvalue weighted by molar-refractivity contribution is 5.26. The molecule has 3 aromatic rings. The van der Waals surface area contributed by atoms with Gasteiger partial charge < -0.3 is 23.7 Å². The molecule has 1 aliphatic rings. The number of ether oxygens (including phenoxy) is 5. The molecule has 0 radical (unpaired) electrons. The van der Waals surface area contributed by atoms with Crippen molar-refractivity contribution < 1.29 is 23.7 Å². The van der Waals surface area contributed by atoms with Gasteiger partial charge in [-0.15, -0.1) is 0 Å². The first-order chi connectivity index (χ1) is 19.3. The van der Waals surface area contributed by atoms with Crippen LogP contribution in [-0.4, -0.2) is 31.9 Å². The van der Waals surface area contributed by atoms with E-state index in [4.69, 9.17) is 23.7 Å². The zero-order chi connectivity index (χ0) is 27.0. The van der Waals surface area contributed by atoms with Crippen molar-refractivity contribution in [2.24, 2.45) is 5.92 Å². The zero-order valence-corrected chi connectivity index (χ0v) is 23.3. The Labute approximate surface area is 234 Å². The van der Waals surface area contributed by atoms with Crippen LogP contribution in [0.2, 0.25) is 0 Å². The Kier molecular flexibility index (Phi) is 12.0. The summed E-state index contributed by atoms with van der Waals surface area (Å²) in [5, 5.41) is 0. The van der Waals surface area contributed by atoms with Crippen molar-refractivity contribution >= 4 is 0 Å². The van der Waals surface area contributed by atoms with Gasteiger partial charge in [0.2, 0.25) is 0 Å². The van der Waals surface area contributed by atoms with Crippen LogP contribution in [-0.2, 0) is 9.47 Å². The monoisotopic (exact) mass is 532 g/mol. The molecule has 0 bridgehead atoms. The minimum absolute atomic E-state index is 0.0370. The number of unbranched alkanes of at least 4 members (excludes halogenated alkanes) is 5. The molecule has 1 saturated heterocycles. The average molecular weight is 533 g/mol. The molecule has 39 heavy (non-hydrogen) atoms. The quantitative estimate of drug-likeness (QED) is 0.0830. The Morgan fingerprint density at radius 3 is 1.62 bits per heavy atom. The Balaban J connectivity index is 1.60. The van der Waals surface area contributed by atoms with Crippen molar-refractivity contribution in [3.8, 4) is 17.2 Å². The van der Waals surface area contributed by atoms with Gasteiger partial charge >= 0.3 is 5.97 Å². The van der Waals surface area contributed by atoms with Crippen LogP contribution in [0.5, 0.6) is 17.2 Å². The Hall–Kier alpha value is -3.02. The molecule has 0 N–H and O–H groups in total. The lowest BCUT2D eigenvalue weighted by Crippen LogP contribution is -2.54. The summed E-state index contributed by atoms with van der Waals surface area (Å²) in [7, 11) is 0. The third-order valence-corrected chi connectivity index (χ3v) is 6.96. The van der Waals surface area contributed by atoms with Crippen molar-refractivity contribution in [3.05, 3.63) is 91.0 Å². The van der Waals surface area contributed by atoms with Gasteiger partial charge in [0, 0.05) is 6.61 Å². The largest absolute Gasteiger partial charge is 0.420 e. The van der Waals surface area contributed by atoms with Gasteiger partial charge in [0.05, 0.1) is 19.1 Å². The Morgan fingerprint density at radius 1 is 0.667 bits per heavy atom. The summed E-state index contributed by atoms with van der Waals surface area (Å²) >= 11 is 0. The van der Waals surface area contributed by atoms with Crippen LogP contribution in [0.15, 0.2) is 91.0 Å². The number of hydrogen-bond donors (Lipinski definition) is 0. The van der Waals surface area contributed by atoms with E-state index < -0.39 is 5.97 Å². The predicted octanol–water partition coefficient (Wildman–Crippen LogP) is 8.44. The van der Waals surface area contributed by atoms with Crippen LogP contribution >= 0.6 is 0 Å². The predicted molar refractivity (Wildman–Crippen MR) is 155 cm³/mol. The van der Waals surface area contributed by atoms with E-state index in [1.165, 1.54) is 32.1 Å². The zero-order valence-electron chi connectivity index (χ0n) is 23.3. The van der Waals surface area contributed by atoms with E-state index in [0.29, 0.717) is 30.5 Å². The minimum atomic E-state index is -1.35. The number of epoxide rings is 1. The molecular weight excluding hydrogens is 488 g/mol. The Morgan fingerprint density at radius 2 is 1.13 bits per heavy atom. The first-order valence-corrected chi connectivity index (χ1v) is 14.7. The molecular formula is C34H44O5. The maximum Gasteiger partial charge on any atom is 0.420 e. The van der Waals surface area contributed by atoms with Crippen LogP contribution in [0.1, 0.15) is 64.7 Å². The van der Waals surface area contributed by atoms with Crippen LogP contribution in [0.4, 0.5) is 0 Å². The fourth-order valence-electron chi connectivity index (χ4n) is 4.75. The van der Waals surface area contributed by atoms with Gasteiger partial charge in [-0.3, -0.25) is 0 Å². The molecule has 0 spiro atoms. The molecule has 0 saturated carbocycles. The fourth-order valence-corrected chi connectivity index (χ4v) is 4.75. The smallest absolute Gasteiger partial charge is 0.420 e. The summed E-state index contributed by atoms with van der Waals surface area (Å²) in [5.41, 5.74) is 0. The molecule has 5 nitrogen and oxygen atoms in total. The third kappa shape index (κ3) is 10.2. The summed E-state index contributed by atoms with van der Waals surface area (Å²) in [5.74, 6) is 0.732. The van der Waals surface area contributed by atoms with Crippen LogP contribution in [0.25, 0.3) is 0 Å². The van der Waals surface area contributed by atoms with Crippen molar-refractivity contribution in [2.75, 3.05) is 19.8 Å². The minimum Gasteiger partial charge on any atom is -0.420 e. The highest BCUT2D eigenvalue weighted by Gasteiger charge is 2.47. The van der Waals surface area contributed by atoms with E-state index in [1.54, 1.807) is 0 Å². The molecule has 1 heterocycles. The molecule has 2 unspecified atom stereocenters. The number of benzene rings is 3. The molecule has 210 valence electrons. The SMILES string of the molecule is CCCCCCCCC(CCCOCC1CO1)C(Oc1ccccc1)(Oc1ccccc1)Oc1ccccc1. The summed E-state index contributed by atoms with van der Waals surface area (Å²) < 4.78 is 31.5. The first kappa shape index (κ1) is 29.0. The van der Waals surface area contributed by atoms with Gasteiger partial charge in [-0.05, 0) is 55.7 Å². The van der Waals surface area contributed by atoms with Crippen LogP contribution in [0.3, 0.4) is 0 Å². The second kappa shape index (κ2) is 16.2. The molecule has 0 amide bonds. The lowest BCUT2D eigenvalue weighted by molar-refractivity contribution is -0.288. The van der Waals surface area contributed by atoms with Crippen molar-refractivity contribution in [2.45, 2.75) is 76.8 Å². The normalized spacial score (nSPS) is 15.5. The van der Waals surface area contributed by atoms with Gasteiger partial charge in [-0.2, -0.15) is 0 Å².